The van der Waals surface area contributed by atoms with Crippen molar-refractivity contribution < 1.29 is 0 Å². The molecule has 2 aromatic rings. The largest absolute Gasteiger partial charge is 0.303 e. The molecule has 6 heteroatoms. The van der Waals surface area contributed by atoms with Crippen molar-refractivity contribution in [1.29, 1.82) is 0 Å². The fourth-order valence-electron chi connectivity index (χ4n) is 3.29. The Morgan fingerprint density at radius 1 is 1.38 bits per heavy atom. The maximum atomic E-state index is 12.6. The lowest BCUT2D eigenvalue weighted by Gasteiger charge is -2.19. The van der Waals surface area contributed by atoms with E-state index in [9.17, 15) is 4.79 Å². The van der Waals surface area contributed by atoms with E-state index in [2.05, 4.69) is 22.0 Å². The second-order valence-corrected chi connectivity index (χ2v) is 5.93. The molecule has 6 nitrogen and oxygen atoms in total. The predicted octanol–water partition coefficient (Wildman–Crippen LogP) is 1.18. The van der Waals surface area contributed by atoms with Crippen molar-refractivity contribution in [3.8, 4) is 0 Å². The Morgan fingerprint density at radius 3 is 2.86 bits per heavy atom. The maximum Gasteiger partial charge on any atom is 0.279 e. The standard InChI is InChI=1S/C15H23N5O/c1-4-12-13-14(19(3)17-12)15(21)20(10-16-13)9-7-11-6-5-8-18(11)2/h10-11H,4-9H2,1-3H3/t11-/m0/s1. The van der Waals surface area contributed by atoms with E-state index in [1.807, 2.05) is 14.0 Å². The lowest BCUT2D eigenvalue weighted by molar-refractivity contribution is 0.285. The van der Waals surface area contributed by atoms with E-state index in [0.717, 1.165) is 30.6 Å². The molecule has 1 aliphatic rings. The average molecular weight is 289 g/mol. The maximum absolute atomic E-state index is 12.6. The van der Waals surface area contributed by atoms with Crippen LogP contribution in [0, 0.1) is 0 Å². The van der Waals surface area contributed by atoms with Gasteiger partial charge in [0, 0.05) is 19.6 Å². The molecule has 0 aliphatic carbocycles. The quantitative estimate of drug-likeness (QED) is 0.848. The zero-order valence-electron chi connectivity index (χ0n) is 13.0. The molecule has 1 aliphatic heterocycles. The van der Waals surface area contributed by atoms with Crippen molar-refractivity contribution >= 4 is 11.0 Å². The molecule has 1 atom stereocenters. The van der Waals surface area contributed by atoms with E-state index < -0.39 is 0 Å². The second-order valence-electron chi connectivity index (χ2n) is 5.93. The molecule has 0 aromatic carbocycles. The van der Waals surface area contributed by atoms with Crippen LogP contribution in [0.4, 0.5) is 0 Å². The lowest BCUT2D eigenvalue weighted by atomic mass is 10.1. The fraction of sp³-hybridized carbons (Fsp3) is 0.667. The van der Waals surface area contributed by atoms with Gasteiger partial charge in [0.05, 0.1) is 12.0 Å². The van der Waals surface area contributed by atoms with Gasteiger partial charge in [-0.15, -0.1) is 0 Å². The van der Waals surface area contributed by atoms with Crippen molar-refractivity contribution in [2.45, 2.75) is 45.2 Å². The number of hydrogen-bond donors (Lipinski definition) is 0. The molecule has 0 amide bonds. The van der Waals surface area contributed by atoms with Gasteiger partial charge in [-0.3, -0.25) is 14.0 Å². The minimum absolute atomic E-state index is 0.0235. The Labute approximate surface area is 124 Å². The van der Waals surface area contributed by atoms with Crippen LogP contribution in [-0.4, -0.2) is 43.9 Å². The summed E-state index contributed by atoms with van der Waals surface area (Å²) in [7, 11) is 3.98. The van der Waals surface area contributed by atoms with Gasteiger partial charge in [-0.25, -0.2) is 4.98 Å². The third kappa shape index (κ3) is 2.48. The SMILES string of the molecule is CCc1nn(C)c2c(=O)n(CC[C@@H]3CCCN3C)cnc12. The van der Waals surface area contributed by atoms with E-state index in [-0.39, 0.29) is 5.56 Å². The van der Waals surface area contributed by atoms with Crippen LogP contribution in [0.15, 0.2) is 11.1 Å². The summed E-state index contributed by atoms with van der Waals surface area (Å²) in [5.41, 5.74) is 2.29. The Hall–Kier alpha value is -1.69. The van der Waals surface area contributed by atoms with Crippen molar-refractivity contribution in [3.05, 3.63) is 22.4 Å². The van der Waals surface area contributed by atoms with E-state index in [4.69, 9.17) is 0 Å². The number of rotatable bonds is 4. The minimum atomic E-state index is 0.0235. The first kappa shape index (κ1) is 14.3. The summed E-state index contributed by atoms with van der Waals surface area (Å²) < 4.78 is 3.40. The van der Waals surface area contributed by atoms with Crippen LogP contribution >= 0.6 is 0 Å². The first-order valence-corrected chi connectivity index (χ1v) is 7.73. The molecule has 0 radical (unpaired) electrons. The summed E-state index contributed by atoms with van der Waals surface area (Å²) in [5.74, 6) is 0. The lowest BCUT2D eigenvalue weighted by Crippen LogP contribution is -2.29. The van der Waals surface area contributed by atoms with Gasteiger partial charge in [0.2, 0.25) is 0 Å². The number of likely N-dealkylation sites (tertiary alicyclic amines) is 1. The van der Waals surface area contributed by atoms with E-state index >= 15 is 0 Å². The molecule has 0 bridgehead atoms. The van der Waals surface area contributed by atoms with Gasteiger partial charge in [0.25, 0.3) is 5.56 Å². The number of aryl methyl sites for hydroxylation is 3. The number of hydrogen-bond acceptors (Lipinski definition) is 4. The predicted molar refractivity (Wildman–Crippen MR) is 82.4 cm³/mol. The highest BCUT2D eigenvalue weighted by Gasteiger charge is 2.21. The molecule has 3 heterocycles. The van der Waals surface area contributed by atoms with Crippen LogP contribution in [0.1, 0.15) is 31.9 Å². The van der Waals surface area contributed by atoms with Crippen LogP contribution in [0.2, 0.25) is 0 Å². The summed E-state index contributed by atoms with van der Waals surface area (Å²) >= 11 is 0. The molecule has 21 heavy (non-hydrogen) atoms. The van der Waals surface area contributed by atoms with Gasteiger partial charge in [-0.1, -0.05) is 6.92 Å². The van der Waals surface area contributed by atoms with Gasteiger partial charge in [0.15, 0.2) is 5.52 Å². The van der Waals surface area contributed by atoms with Gasteiger partial charge >= 0.3 is 0 Å². The third-order valence-electron chi connectivity index (χ3n) is 4.59. The summed E-state index contributed by atoms with van der Waals surface area (Å²) in [5, 5.41) is 4.39. The summed E-state index contributed by atoms with van der Waals surface area (Å²) in [6.07, 6.45) is 5.96. The van der Waals surface area contributed by atoms with Gasteiger partial charge in [-0.2, -0.15) is 5.10 Å². The van der Waals surface area contributed by atoms with Crippen LogP contribution < -0.4 is 5.56 Å². The van der Waals surface area contributed by atoms with Crippen molar-refractivity contribution in [2.24, 2.45) is 7.05 Å². The molecule has 0 spiro atoms. The Kier molecular flexibility index (Phi) is 3.80. The van der Waals surface area contributed by atoms with E-state index in [0.29, 0.717) is 11.6 Å². The molecular formula is C15H23N5O. The molecule has 0 saturated carbocycles. The molecule has 114 valence electrons. The van der Waals surface area contributed by atoms with Gasteiger partial charge in [0.1, 0.15) is 5.52 Å². The highest BCUT2D eigenvalue weighted by Crippen LogP contribution is 2.18. The summed E-state index contributed by atoms with van der Waals surface area (Å²) in [6.45, 7) is 3.92. The molecule has 0 N–H and O–H groups in total. The molecule has 1 saturated heterocycles. The topological polar surface area (TPSA) is 56.0 Å². The molecule has 0 unspecified atom stereocenters. The number of fused-ring (bicyclic) bond motifs is 1. The number of nitrogens with zero attached hydrogens (tertiary/aromatic N) is 5. The van der Waals surface area contributed by atoms with E-state index in [1.165, 1.54) is 19.4 Å². The average Bonchev–Trinajstić information content (AvgIpc) is 3.02. The molecular weight excluding hydrogens is 266 g/mol. The highest BCUT2D eigenvalue weighted by atomic mass is 16.1. The molecule has 2 aromatic heterocycles. The first-order chi connectivity index (χ1) is 10.1. The summed E-state index contributed by atoms with van der Waals surface area (Å²) in [4.78, 5) is 19.5. The molecule has 1 fully saturated rings. The third-order valence-corrected chi connectivity index (χ3v) is 4.59. The van der Waals surface area contributed by atoms with Crippen LogP contribution in [0.5, 0.6) is 0 Å². The number of aromatic nitrogens is 4. The normalized spacial score (nSPS) is 19.7. The highest BCUT2D eigenvalue weighted by molar-refractivity contribution is 5.76. The fourth-order valence-corrected chi connectivity index (χ4v) is 3.29. The van der Waals surface area contributed by atoms with E-state index in [1.54, 1.807) is 15.6 Å². The second kappa shape index (κ2) is 5.60. The first-order valence-electron chi connectivity index (χ1n) is 7.73. The van der Waals surface area contributed by atoms with Crippen molar-refractivity contribution in [2.75, 3.05) is 13.6 Å². The minimum Gasteiger partial charge on any atom is -0.303 e. The zero-order valence-corrected chi connectivity index (χ0v) is 13.0. The van der Waals surface area contributed by atoms with Crippen LogP contribution in [-0.2, 0) is 20.0 Å². The Balaban J connectivity index is 1.88. The van der Waals surface area contributed by atoms with Crippen LogP contribution in [0.3, 0.4) is 0 Å². The van der Waals surface area contributed by atoms with Gasteiger partial charge in [-0.05, 0) is 39.3 Å². The van der Waals surface area contributed by atoms with Crippen LogP contribution in [0.25, 0.3) is 11.0 Å². The van der Waals surface area contributed by atoms with Crippen molar-refractivity contribution in [3.63, 3.8) is 0 Å². The Morgan fingerprint density at radius 2 is 2.19 bits per heavy atom. The smallest absolute Gasteiger partial charge is 0.279 e. The van der Waals surface area contributed by atoms with Gasteiger partial charge < -0.3 is 4.90 Å². The zero-order chi connectivity index (χ0) is 15.0. The molecule has 3 rings (SSSR count). The Bertz CT molecular complexity index is 702. The summed E-state index contributed by atoms with van der Waals surface area (Å²) in [6, 6.07) is 0.588. The monoisotopic (exact) mass is 289 g/mol. The van der Waals surface area contributed by atoms with Crippen molar-refractivity contribution in [1.82, 2.24) is 24.2 Å².